The van der Waals surface area contributed by atoms with Crippen molar-refractivity contribution in [3.63, 3.8) is 0 Å². The van der Waals surface area contributed by atoms with E-state index in [-0.39, 0.29) is 0 Å². The first-order valence-electron chi connectivity index (χ1n) is 8.60. The standard InChI is InChI=1S/C19H31NO/c1-4-10-20-19(17-8-11-21-12-9-17)18-7-5-6-16(14-18)13-15(2)3/h5-7,14-15,17,19-20H,4,8-13H2,1-3H3. The maximum atomic E-state index is 5.54. The van der Waals surface area contributed by atoms with Crippen molar-refractivity contribution in [3.8, 4) is 0 Å². The molecule has 0 radical (unpaired) electrons. The van der Waals surface area contributed by atoms with E-state index in [1.807, 2.05) is 0 Å². The first-order valence-corrected chi connectivity index (χ1v) is 8.60. The Hall–Kier alpha value is -0.860. The van der Waals surface area contributed by atoms with E-state index in [0.29, 0.717) is 17.9 Å². The van der Waals surface area contributed by atoms with E-state index in [4.69, 9.17) is 4.74 Å². The number of benzene rings is 1. The highest BCUT2D eigenvalue weighted by Gasteiger charge is 2.25. The molecule has 1 aliphatic rings. The Morgan fingerprint density at radius 3 is 2.67 bits per heavy atom. The minimum Gasteiger partial charge on any atom is -0.381 e. The predicted molar refractivity (Wildman–Crippen MR) is 89.6 cm³/mol. The number of hydrogen-bond acceptors (Lipinski definition) is 2. The SMILES string of the molecule is CCCNC(c1cccc(CC(C)C)c1)C1CCOCC1. The lowest BCUT2D eigenvalue weighted by Crippen LogP contribution is -2.32. The lowest BCUT2D eigenvalue weighted by Gasteiger charge is -2.32. The number of hydrogen-bond donors (Lipinski definition) is 1. The third kappa shape index (κ3) is 5.12. The second-order valence-corrected chi connectivity index (χ2v) is 6.72. The van der Waals surface area contributed by atoms with Crippen LogP contribution in [0.3, 0.4) is 0 Å². The van der Waals surface area contributed by atoms with Crippen molar-refractivity contribution in [1.82, 2.24) is 5.32 Å². The second-order valence-electron chi connectivity index (χ2n) is 6.72. The molecule has 2 nitrogen and oxygen atoms in total. The first kappa shape index (κ1) is 16.5. The molecule has 118 valence electrons. The van der Waals surface area contributed by atoms with Gasteiger partial charge in [0.1, 0.15) is 0 Å². The highest BCUT2D eigenvalue weighted by molar-refractivity contribution is 5.27. The molecule has 1 aliphatic heterocycles. The lowest BCUT2D eigenvalue weighted by atomic mass is 9.86. The van der Waals surface area contributed by atoms with E-state index < -0.39 is 0 Å². The van der Waals surface area contributed by atoms with Gasteiger partial charge in [-0.15, -0.1) is 0 Å². The topological polar surface area (TPSA) is 21.3 Å². The molecule has 0 aliphatic carbocycles. The van der Waals surface area contributed by atoms with E-state index in [0.717, 1.165) is 19.8 Å². The van der Waals surface area contributed by atoms with Gasteiger partial charge in [0.05, 0.1) is 0 Å². The molecular weight excluding hydrogens is 258 g/mol. The van der Waals surface area contributed by atoms with Crippen LogP contribution >= 0.6 is 0 Å². The van der Waals surface area contributed by atoms with Crippen LogP contribution in [0.5, 0.6) is 0 Å². The van der Waals surface area contributed by atoms with Crippen LogP contribution in [0.2, 0.25) is 0 Å². The molecule has 1 atom stereocenters. The van der Waals surface area contributed by atoms with Crippen molar-refractivity contribution in [2.75, 3.05) is 19.8 Å². The molecule has 21 heavy (non-hydrogen) atoms. The Labute approximate surface area is 130 Å². The minimum absolute atomic E-state index is 0.487. The largest absolute Gasteiger partial charge is 0.381 e. The minimum atomic E-state index is 0.487. The van der Waals surface area contributed by atoms with Gasteiger partial charge in [0.15, 0.2) is 0 Å². The molecule has 1 aromatic carbocycles. The first-order chi connectivity index (χ1) is 10.2. The zero-order valence-corrected chi connectivity index (χ0v) is 13.9. The Balaban J connectivity index is 2.14. The fraction of sp³-hybridized carbons (Fsp3) is 0.684. The van der Waals surface area contributed by atoms with Crippen molar-refractivity contribution in [2.45, 2.75) is 52.5 Å². The summed E-state index contributed by atoms with van der Waals surface area (Å²) in [5, 5.41) is 3.78. The Kier molecular flexibility index (Phi) is 6.72. The maximum Gasteiger partial charge on any atom is 0.0469 e. The van der Waals surface area contributed by atoms with E-state index in [1.165, 1.54) is 36.8 Å². The third-order valence-corrected chi connectivity index (χ3v) is 4.31. The Bertz CT molecular complexity index is 410. The monoisotopic (exact) mass is 289 g/mol. The van der Waals surface area contributed by atoms with Crippen molar-refractivity contribution in [3.05, 3.63) is 35.4 Å². The average molecular weight is 289 g/mol. The van der Waals surface area contributed by atoms with Crippen molar-refractivity contribution in [2.24, 2.45) is 11.8 Å². The summed E-state index contributed by atoms with van der Waals surface area (Å²) in [7, 11) is 0. The summed E-state index contributed by atoms with van der Waals surface area (Å²) >= 11 is 0. The van der Waals surface area contributed by atoms with Crippen molar-refractivity contribution in [1.29, 1.82) is 0 Å². The number of ether oxygens (including phenoxy) is 1. The van der Waals surface area contributed by atoms with E-state index in [1.54, 1.807) is 0 Å². The van der Waals surface area contributed by atoms with Crippen LogP contribution in [-0.4, -0.2) is 19.8 Å². The van der Waals surface area contributed by atoms with Crippen LogP contribution in [0.1, 0.15) is 57.2 Å². The molecule has 1 aromatic rings. The molecule has 1 N–H and O–H groups in total. The summed E-state index contributed by atoms with van der Waals surface area (Å²) in [4.78, 5) is 0. The summed E-state index contributed by atoms with van der Waals surface area (Å²) in [6.07, 6.45) is 4.71. The van der Waals surface area contributed by atoms with Crippen LogP contribution < -0.4 is 5.32 Å². The molecular formula is C19H31NO. The molecule has 0 bridgehead atoms. The van der Waals surface area contributed by atoms with Gasteiger partial charge in [-0.05, 0) is 55.2 Å². The van der Waals surface area contributed by atoms with E-state index in [9.17, 15) is 0 Å². The molecule has 0 saturated carbocycles. The lowest BCUT2D eigenvalue weighted by molar-refractivity contribution is 0.0536. The van der Waals surface area contributed by atoms with E-state index in [2.05, 4.69) is 50.4 Å². The molecule has 0 spiro atoms. The fourth-order valence-corrected chi connectivity index (χ4v) is 3.29. The second kappa shape index (κ2) is 8.55. The summed E-state index contributed by atoms with van der Waals surface area (Å²) < 4.78 is 5.54. The summed E-state index contributed by atoms with van der Waals surface area (Å²) in [5.41, 5.74) is 2.94. The molecule has 1 saturated heterocycles. The number of rotatable bonds is 7. The fourth-order valence-electron chi connectivity index (χ4n) is 3.29. The van der Waals surface area contributed by atoms with Gasteiger partial charge in [-0.25, -0.2) is 0 Å². The molecule has 1 heterocycles. The highest BCUT2D eigenvalue weighted by Crippen LogP contribution is 2.30. The maximum absolute atomic E-state index is 5.54. The Morgan fingerprint density at radius 1 is 1.24 bits per heavy atom. The van der Waals surface area contributed by atoms with Crippen molar-refractivity contribution < 1.29 is 4.74 Å². The molecule has 0 amide bonds. The quantitative estimate of drug-likeness (QED) is 0.805. The summed E-state index contributed by atoms with van der Waals surface area (Å²) in [5.74, 6) is 1.42. The van der Waals surface area contributed by atoms with Gasteiger partial charge in [-0.3, -0.25) is 0 Å². The zero-order valence-electron chi connectivity index (χ0n) is 13.9. The van der Waals surface area contributed by atoms with Crippen LogP contribution in [0.4, 0.5) is 0 Å². The van der Waals surface area contributed by atoms with Gasteiger partial charge in [0.2, 0.25) is 0 Å². The predicted octanol–water partition coefficient (Wildman–Crippen LogP) is 4.35. The van der Waals surface area contributed by atoms with Gasteiger partial charge in [-0.1, -0.05) is 45.0 Å². The molecule has 0 aromatic heterocycles. The van der Waals surface area contributed by atoms with E-state index >= 15 is 0 Å². The summed E-state index contributed by atoms with van der Waals surface area (Å²) in [6, 6.07) is 9.70. The normalized spacial score (nSPS) is 18.1. The van der Waals surface area contributed by atoms with Gasteiger partial charge < -0.3 is 10.1 Å². The van der Waals surface area contributed by atoms with Gasteiger partial charge in [0, 0.05) is 19.3 Å². The zero-order chi connectivity index (χ0) is 15.1. The van der Waals surface area contributed by atoms with Gasteiger partial charge >= 0.3 is 0 Å². The smallest absolute Gasteiger partial charge is 0.0469 e. The van der Waals surface area contributed by atoms with Crippen LogP contribution in [0, 0.1) is 11.8 Å². The van der Waals surface area contributed by atoms with Gasteiger partial charge in [-0.2, -0.15) is 0 Å². The van der Waals surface area contributed by atoms with Crippen LogP contribution in [0.25, 0.3) is 0 Å². The molecule has 2 rings (SSSR count). The van der Waals surface area contributed by atoms with Gasteiger partial charge in [0.25, 0.3) is 0 Å². The molecule has 1 unspecified atom stereocenters. The van der Waals surface area contributed by atoms with Crippen molar-refractivity contribution >= 4 is 0 Å². The molecule has 1 fully saturated rings. The van der Waals surface area contributed by atoms with Crippen LogP contribution in [-0.2, 0) is 11.2 Å². The van der Waals surface area contributed by atoms with Crippen LogP contribution in [0.15, 0.2) is 24.3 Å². The summed E-state index contributed by atoms with van der Waals surface area (Å²) in [6.45, 7) is 9.75. The number of nitrogens with one attached hydrogen (secondary N) is 1. The highest BCUT2D eigenvalue weighted by atomic mass is 16.5. The average Bonchev–Trinajstić information content (AvgIpc) is 2.48. The molecule has 2 heteroatoms. The third-order valence-electron chi connectivity index (χ3n) is 4.31. The Morgan fingerprint density at radius 2 is 2.00 bits per heavy atom.